The van der Waals surface area contributed by atoms with Crippen LogP contribution in [0.5, 0.6) is 11.5 Å². The summed E-state index contributed by atoms with van der Waals surface area (Å²) in [4.78, 5) is 4.65. The molecule has 0 unspecified atom stereocenters. The van der Waals surface area contributed by atoms with Gasteiger partial charge in [-0.25, -0.2) is 4.98 Å². The molecule has 356 valence electrons. The van der Waals surface area contributed by atoms with E-state index in [9.17, 15) is 13.7 Å². The van der Waals surface area contributed by atoms with Gasteiger partial charge in [0.15, 0.2) is 8.07 Å². The van der Waals surface area contributed by atoms with E-state index in [1.807, 2.05) is 12.1 Å². The number of hydrogen-bond acceptors (Lipinski definition) is 2. The summed E-state index contributed by atoms with van der Waals surface area (Å²) in [5.74, 6) is 0.397. The molecular formula is C67H46N4OPtSi-2. The standard InChI is InChI=1S/C67H46N4OSi.Pt/c1-48-42-67(68-46-61(48)49-22-6-2-7-23-49)71-63-37-17-15-35-59(63)60-41-40-53(45-66(60)71)72-52-26-21-25-51(44-52)69-47-70(65-39-19-18-38-64(65)69)62-36-16-14-34-58(62)50-24-20-33-57(43-50)73(54-27-8-3-9-28-54,55-29-10-4-11-30-55)56-31-12-5-13-32-56;/h2-43,46H,1H3;/q-2;/i1D3,2D,3D,4D,5D,6D,7D,8D,9D,10D,11D,12D,13D,20D,22D,23D,24D,27D,28D,29D,30D,31D,32D,33D,43D;. The minimum Gasteiger partial charge on any atom is -0.510 e. The van der Waals surface area contributed by atoms with Crippen molar-refractivity contribution in [2.24, 2.45) is 0 Å². The smallest absolute Gasteiger partial charge is 0.268 e. The van der Waals surface area contributed by atoms with E-state index in [4.69, 9.17) is 28.0 Å². The zero-order valence-corrected chi connectivity index (χ0v) is 41.3. The van der Waals surface area contributed by atoms with E-state index in [1.165, 1.54) is 29.0 Å². The molecule has 5 nitrogen and oxygen atoms in total. The van der Waals surface area contributed by atoms with Gasteiger partial charge in [-0.05, 0) is 79.1 Å². The summed E-state index contributed by atoms with van der Waals surface area (Å²) >= 11 is 0. The van der Waals surface area contributed by atoms with Crippen LogP contribution in [0.3, 0.4) is 0 Å². The molecule has 7 heteroatoms. The van der Waals surface area contributed by atoms with Gasteiger partial charge in [0.2, 0.25) is 0 Å². The summed E-state index contributed by atoms with van der Waals surface area (Å²) in [5, 5.41) is -2.47. The first-order valence-electron chi connectivity index (χ1n) is 35.9. The fraction of sp³-hybridized carbons (Fsp3) is 0.0149. The van der Waals surface area contributed by atoms with Gasteiger partial charge in [-0.1, -0.05) is 211 Å². The van der Waals surface area contributed by atoms with E-state index >= 15 is 0 Å². The van der Waals surface area contributed by atoms with Crippen LogP contribution in [0.1, 0.15) is 42.6 Å². The van der Waals surface area contributed by atoms with Crippen LogP contribution in [0.4, 0.5) is 0 Å². The molecule has 0 aliphatic carbocycles. The summed E-state index contributed by atoms with van der Waals surface area (Å²) < 4.78 is 256. The van der Waals surface area contributed by atoms with Gasteiger partial charge in [0, 0.05) is 54.0 Å². The van der Waals surface area contributed by atoms with Crippen LogP contribution in [0.15, 0.2) is 260 Å². The molecule has 13 rings (SSSR count). The van der Waals surface area contributed by atoms with Gasteiger partial charge in [-0.3, -0.25) is 4.57 Å². The molecule has 10 aromatic carbocycles. The molecule has 0 fully saturated rings. The van der Waals surface area contributed by atoms with Crippen LogP contribution >= 0.6 is 0 Å². The van der Waals surface area contributed by atoms with E-state index in [0.29, 0.717) is 33.1 Å². The molecule has 0 spiro atoms. The van der Waals surface area contributed by atoms with Gasteiger partial charge in [0.05, 0.1) is 49.6 Å². The number of para-hydroxylation sites is 4. The number of rotatable bonds is 11. The normalized spacial score (nSPS) is 16.8. The number of aryl methyl sites for hydroxylation is 1. The summed E-state index contributed by atoms with van der Waals surface area (Å²) in [5.41, 5.74) is 0.879. The van der Waals surface area contributed by atoms with Gasteiger partial charge in [-0.2, -0.15) is 18.2 Å². The molecule has 0 aliphatic rings. The van der Waals surface area contributed by atoms with Crippen LogP contribution in [0.25, 0.3) is 72.3 Å². The van der Waals surface area contributed by atoms with Crippen molar-refractivity contribution in [3.8, 4) is 50.9 Å². The van der Waals surface area contributed by atoms with Crippen LogP contribution < -0.4 is 30.1 Å². The van der Waals surface area contributed by atoms with E-state index in [0.717, 1.165) is 5.39 Å². The van der Waals surface area contributed by atoms with Crippen LogP contribution in [0, 0.1) is 25.3 Å². The maximum atomic E-state index is 10.5. The quantitative estimate of drug-likeness (QED) is 0.0560. The summed E-state index contributed by atoms with van der Waals surface area (Å²) in [6.45, 7) is -2.87. The molecular weight excluding hydrogens is 1100 g/mol. The molecule has 0 aliphatic heterocycles. The van der Waals surface area contributed by atoms with Crippen LogP contribution in [-0.2, 0) is 21.1 Å². The van der Waals surface area contributed by atoms with Gasteiger partial charge in [0.1, 0.15) is 5.82 Å². The zero-order chi connectivity index (χ0) is 72.1. The first-order valence-corrected chi connectivity index (χ1v) is 24.4. The van der Waals surface area contributed by atoms with Gasteiger partial charge >= 0.3 is 0 Å². The fourth-order valence-electron chi connectivity index (χ4n) is 9.09. The third-order valence-corrected chi connectivity index (χ3v) is 16.3. The van der Waals surface area contributed by atoms with E-state index in [1.54, 1.807) is 88.0 Å². The maximum absolute atomic E-state index is 10.5. The Morgan fingerprint density at radius 2 is 1.18 bits per heavy atom. The number of hydrogen-bond donors (Lipinski definition) is 0. The molecule has 74 heavy (non-hydrogen) atoms. The van der Waals surface area contributed by atoms with E-state index in [2.05, 4.69) is 23.4 Å². The number of ether oxygens (including phenoxy) is 1. The molecule has 0 saturated heterocycles. The number of benzene rings is 10. The topological polar surface area (TPSA) is 35.9 Å². The van der Waals surface area contributed by atoms with Gasteiger partial charge < -0.3 is 13.9 Å². The Hall–Kier alpha value is -8.67. The van der Waals surface area contributed by atoms with Crippen molar-refractivity contribution in [3.05, 3.63) is 284 Å². The Morgan fingerprint density at radius 3 is 1.91 bits per heavy atom. The predicted octanol–water partition coefficient (Wildman–Crippen LogP) is 12.6. The van der Waals surface area contributed by atoms with Crippen LogP contribution in [-0.4, -0.2) is 22.2 Å². The first kappa shape index (κ1) is 25.3. The predicted molar refractivity (Wildman–Crippen MR) is 299 cm³/mol. The Balaban J connectivity index is 0.00000965. The molecule has 3 aromatic heterocycles. The SMILES string of the molecule is [2H]c1c([2H])c([2H])c(-c2cnc(-n3c4[c-]c(Oc5[c-]c(-n6[c-][n+](-c7ccccc7-c7c([2H])c([2H])c([2H])c([Si](c8c([2H])c([2H])c([2H])c([2H])c8[2H])(c8c([2H])c([2H])c([2H])c([2H])c8[2H])c8c([2H])c([2H])c([2H])c([2H])c8[2H])c7[2H])c7ccccc76)ccc5)ccc4c4ccccc43)cc2C([2H])([2H])[2H])c([2H])c1[2H].[Pt]. The Bertz CT molecular complexity index is 5460. The molecule has 3 heterocycles. The average Bonchev–Trinajstić information content (AvgIpc) is 1.24. The van der Waals surface area contributed by atoms with Crippen molar-refractivity contribution in [1.82, 2.24) is 14.1 Å². The summed E-state index contributed by atoms with van der Waals surface area (Å²) in [6.07, 6.45) is 4.50. The van der Waals surface area contributed by atoms with Crippen molar-refractivity contribution in [2.45, 2.75) is 6.85 Å². The van der Waals surface area contributed by atoms with Crippen molar-refractivity contribution in [1.29, 1.82) is 0 Å². The van der Waals surface area contributed by atoms with Crippen molar-refractivity contribution >= 4 is 61.7 Å². The Morgan fingerprint density at radius 1 is 0.554 bits per heavy atom. The van der Waals surface area contributed by atoms with Gasteiger partial charge in [0.25, 0.3) is 6.33 Å². The maximum Gasteiger partial charge on any atom is 0.268 e. The second-order valence-corrected chi connectivity index (χ2v) is 19.8. The van der Waals surface area contributed by atoms with Crippen molar-refractivity contribution in [3.63, 3.8) is 0 Å². The molecule has 0 amide bonds. The molecule has 0 N–H and O–H groups in total. The van der Waals surface area contributed by atoms with Gasteiger partial charge in [-0.15, -0.1) is 29.7 Å². The van der Waals surface area contributed by atoms with Crippen LogP contribution in [0.2, 0.25) is 0 Å². The van der Waals surface area contributed by atoms with E-state index < -0.39 is 186 Å². The molecule has 0 bridgehead atoms. The average molecular weight is 1170 g/mol. The third kappa shape index (κ3) is 8.09. The second-order valence-electron chi connectivity index (χ2n) is 16.3. The molecule has 0 atom stereocenters. The molecule has 13 aromatic rings. The molecule has 0 radical (unpaired) electrons. The number of aromatic nitrogens is 4. The first-order chi connectivity index (χ1) is 47.3. The Kier molecular flexibility index (Phi) is 6.75. The van der Waals surface area contributed by atoms with Crippen molar-refractivity contribution in [2.75, 3.05) is 0 Å². The fourth-order valence-corrected chi connectivity index (χ4v) is 12.7. The number of nitrogens with zero attached hydrogens (tertiary/aromatic N) is 4. The van der Waals surface area contributed by atoms with Crippen molar-refractivity contribution < 1.29 is 67.4 Å². The summed E-state index contributed by atoms with van der Waals surface area (Å²) in [7, 11) is -6.17. The number of fused-ring (bicyclic) bond motifs is 4. The third-order valence-electron chi connectivity index (χ3n) is 12.3. The van der Waals surface area contributed by atoms with E-state index in [-0.39, 0.29) is 66.3 Å². The number of pyridine rings is 1. The Labute approximate surface area is 484 Å². The molecule has 0 saturated carbocycles. The zero-order valence-electron chi connectivity index (χ0n) is 65.0. The number of imidazole rings is 1. The minimum atomic E-state index is -6.17. The summed E-state index contributed by atoms with van der Waals surface area (Å²) in [6, 6.07) is 13.2. The largest absolute Gasteiger partial charge is 0.510 e. The second kappa shape index (κ2) is 19.7. The monoisotopic (exact) mass is 1170 g/mol. The minimum absolute atomic E-state index is 0.